The summed E-state index contributed by atoms with van der Waals surface area (Å²) in [5.74, 6) is -2.13. The monoisotopic (exact) mass is 362 g/mol. The average Bonchev–Trinajstić information content (AvgIpc) is 2.57. The molecule has 0 bridgehead atoms. The molecule has 0 atom stereocenters. The molecule has 0 aliphatic heterocycles. The predicted octanol–water partition coefficient (Wildman–Crippen LogP) is 2.58. The summed E-state index contributed by atoms with van der Waals surface area (Å²) >= 11 is 0. The molecule has 0 saturated heterocycles. The summed E-state index contributed by atoms with van der Waals surface area (Å²) in [6.07, 6.45) is 2.39. The Labute approximate surface area is 142 Å². The molecule has 0 aliphatic carbocycles. The quantitative estimate of drug-likeness (QED) is 0.718. The van der Waals surface area contributed by atoms with E-state index in [-0.39, 0.29) is 16.1 Å². The Morgan fingerprint density at radius 2 is 1.76 bits per heavy atom. The highest BCUT2D eigenvalue weighted by molar-refractivity contribution is 7.90. The molecule has 5 nitrogen and oxygen atoms in total. The summed E-state index contributed by atoms with van der Waals surface area (Å²) in [7, 11) is -3.43. The number of nitrogens with zero attached hydrogens (tertiary/aromatic N) is 2. The van der Waals surface area contributed by atoms with Crippen LogP contribution in [-0.4, -0.2) is 24.5 Å². The molecule has 0 fully saturated rings. The Morgan fingerprint density at radius 1 is 1.00 bits per heavy atom. The van der Waals surface area contributed by atoms with Gasteiger partial charge in [-0.15, -0.1) is 0 Å². The third-order valence-corrected chi connectivity index (χ3v) is 4.68. The molecule has 3 rings (SSSR count). The summed E-state index contributed by atoms with van der Waals surface area (Å²) < 4.78 is 50.8. The topological polar surface area (TPSA) is 69.0 Å². The van der Waals surface area contributed by atoms with Gasteiger partial charge in [0.2, 0.25) is 0 Å². The van der Waals surface area contributed by atoms with E-state index in [2.05, 4.69) is 5.10 Å². The summed E-state index contributed by atoms with van der Waals surface area (Å²) in [6.45, 7) is 0. The van der Waals surface area contributed by atoms with Crippen LogP contribution in [0.5, 0.6) is 0 Å². The number of rotatable bonds is 3. The van der Waals surface area contributed by atoms with E-state index in [0.717, 1.165) is 23.1 Å². The molecule has 0 amide bonds. The van der Waals surface area contributed by atoms with Crippen molar-refractivity contribution in [3.8, 4) is 16.8 Å². The number of sulfone groups is 1. The Hall–Kier alpha value is -2.87. The van der Waals surface area contributed by atoms with Crippen molar-refractivity contribution in [2.75, 3.05) is 6.26 Å². The van der Waals surface area contributed by atoms with Gasteiger partial charge in [-0.25, -0.2) is 17.2 Å². The molecular weight excluding hydrogens is 350 g/mol. The van der Waals surface area contributed by atoms with Gasteiger partial charge in [-0.3, -0.25) is 4.79 Å². The standard InChI is InChI=1S/C17H12F2N2O3S/c1-25(23,24)13-4-2-3-11(9-13)14-7-8-20-21(17(14)22)12-5-6-15(18)16(19)10-12/h2-10H,1H3. The molecule has 0 saturated carbocycles. The molecule has 2 aromatic carbocycles. The number of halogens is 2. The van der Waals surface area contributed by atoms with Gasteiger partial charge in [0.15, 0.2) is 21.5 Å². The second kappa shape index (κ2) is 6.21. The van der Waals surface area contributed by atoms with E-state index < -0.39 is 27.0 Å². The van der Waals surface area contributed by atoms with Crippen molar-refractivity contribution in [1.82, 2.24) is 9.78 Å². The van der Waals surface area contributed by atoms with Crippen LogP contribution in [0, 0.1) is 11.6 Å². The van der Waals surface area contributed by atoms with Crippen LogP contribution in [-0.2, 0) is 9.84 Å². The van der Waals surface area contributed by atoms with Crippen molar-refractivity contribution < 1.29 is 17.2 Å². The van der Waals surface area contributed by atoms with Gasteiger partial charge in [-0.1, -0.05) is 12.1 Å². The van der Waals surface area contributed by atoms with Gasteiger partial charge in [0.1, 0.15) is 0 Å². The molecule has 0 aliphatic rings. The Bertz CT molecular complexity index is 1120. The maximum atomic E-state index is 13.4. The van der Waals surface area contributed by atoms with E-state index in [9.17, 15) is 22.0 Å². The van der Waals surface area contributed by atoms with Gasteiger partial charge in [-0.2, -0.15) is 9.78 Å². The second-order valence-corrected chi connectivity index (χ2v) is 7.38. The predicted molar refractivity (Wildman–Crippen MR) is 88.3 cm³/mol. The minimum Gasteiger partial charge on any atom is -0.267 e. The van der Waals surface area contributed by atoms with E-state index in [1.54, 1.807) is 6.07 Å². The zero-order valence-electron chi connectivity index (χ0n) is 13.0. The van der Waals surface area contributed by atoms with E-state index >= 15 is 0 Å². The fraction of sp³-hybridized carbons (Fsp3) is 0.0588. The van der Waals surface area contributed by atoms with Crippen molar-refractivity contribution >= 4 is 9.84 Å². The van der Waals surface area contributed by atoms with Crippen LogP contribution in [0.15, 0.2) is 64.4 Å². The van der Waals surface area contributed by atoms with Gasteiger partial charge in [-0.05, 0) is 35.9 Å². The largest absolute Gasteiger partial charge is 0.279 e. The highest BCUT2D eigenvalue weighted by Gasteiger charge is 2.13. The highest BCUT2D eigenvalue weighted by Crippen LogP contribution is 2.20. The van der Waals surface area contributed by atoms with Gasteiger partial charge < -0.3 is 0 Å². The molecular formula is C17H12F2N2O3S. The maximum Gasteiger partial charge on any atom is 0.279 e. The molecule has 0 radical (unpaired) electrons. The van der Waals surface area contributed by atoms with Gasteiger partial charge in [0.05, 0.1) is 16.1 Å². The van der Waals surface area contributed by atoms with Gasteiger partial charge in [0, 0.05) is 18.5 Å². The number of benzene rings is 2. The molecule has 8 heteroatoms. The SMILES string of the molecule is CS(=O)(=O)c1cccc(-c2ccnn(-c3ccc(F)c(F)c3)c2=O)c1. The molecule has 3 aromatic rings. The molecule has 1 aromatic heterocycles. The Morgan fingerprint density at radius 3 is 2.44 bits per heavy atom. The second-order valence-electron chi connectivity index (χ2n) is 5.36. The smallest absolute Gasteiger partial charge is 0.267 e. The minimum absolute atomic E-state index is 0.0602. The molecule has 0 unspecified atom stereocenters. The summed E-state index contributed by atoms with van der Waals surface area (Å²) in [6, 6.07) is 10.3. The van der Waals surface area contributed by atoms with Crippen LogP contribution in [0.4, 0.5) is 8.78 Å². The van der Waals surface area contributed by atoms with Gasteiger partial charge in [0.25, 0.3) is 5.56 Å². The lowest BCUT2D eigenvalue weighted by atomic mass is 10.1. The molecule has 0 spiro atoms. The van der Waals surface area contributed by atoms with Crippen LogP contribution < -0.4 is 5.56 Å². The normalized spacial score (nSPS) is 11.5. The number of hydrogen-bond donors (Lipinski definition) is 0. The van der Waals surface area contributed by atoms with Crippen molar-refractivity contribution in [3.05, 3.63) is 76.7 Å². The first kappa shape index (κ1) is 17.0. The third kappa shape index (κ3) is 3.34. The highest BCUT2D eigenvalue weighted by atomic mass is 32.2. The van der Waals surface area contributed by atoms with E-state index in [1.807, 2.05) is 0 Å². The van der Waals surface area contributed by atoms with Crippen LogP contribution in [0.2, 0.25) is 0 Å². The average molecular weight is 362 g/mol. The zero-order valence-corrected chi connectivity index (χ0v) is 13.8. The van der Waals surface area contributed by atoms with Crippen molar-refractivity contribution in [2.45, 2.75) is 4.90 Å². The summed E-state index contributed by atoms with van der Waals surface area (Å²) in [5.41, 5.74) is 0.0427. The summed E-state index contributed by atoms with van der Waals surface area (Å²) in [4.78, 5) is 12.7. The zero-order chi connectivity index (χ0) is 18.2. The summed E-state index contributed by atoms with van der Waals surface area (Å²) in [5, 5.41) is 3.87. The number of hydrogen-bond acceptors (Lipinski definition) is 4. The molecule has 128 valence electrons. The Kier molecular flexibility index (Phi) is 4.22. The molecule has 1 heterocycles. The fourth-order valence-electron chi connectivity index (χ4n) is 2.33. The minimum atomic E-state index is -3.43. The van der Waals surface area contributed by atoms with Crippen LogP contribution in [0.3, 0.4) is 0 Å². The van der Waals surface area contributed by atoms with Crippen molar-refractivity contribution in [3.63, 3.8) is 0 Å². The lowest BCUT2D eigenvalue weighted by Gasteiger charge is -2.08. The van der Waals surface area contributed by atoms with Crippen molar-refractivity contribution in [1.29, 1.82) is 0 Å². The van der Waals surface area contributed by atoms with E-state index in [1.165, 1.54) is 36.5 Å². The molecule has 0 N–H and O–H groups in total. The van der Waals surface area contributed by atoms with Gasteiger partial charge >= 0.3 is 0 Å². The first-order valence-corrected chi connectivity index (χ1v) is 9.01. The first-order chi connectivity index (χ1) is 11.8. The van der Waals surface area contributed by atoms with E-state index in [4.69, 9.17) is 0 Å². The lowest BCUT2D eigenvalue weighted by molar-refractivity contribution is 0.507. The van der Waals surface area contributed by atoms with Crippen LogP contribution in [0.25, 0.3) is 16.8 Å². The first-order valence-electron chi connectivity index (χ1n) is 7.11. The van der Waals surface area contributed by atoms with Crippen LogP contribution in [0.1, 0.15) is 0 Å². The van der Waals surface area contributed by atoms with E-state index in [0.29, 0.717) is 5.56 Å². The maximum absolute atomic E-state index is 13.4. The lowest BCUT2D eigenvalue weighted by Crippen LogP contribution is -2.22. The third-order valence-electron chi connectivity index (χ3n) is 3.57. The van der Waals surface area contributed by atoms with Crippen LogP contribution >= 0.6 is 0 Å². The van der Waals surface area contributed by atoms with Crippen molar-refractivity contribution in [2.24, 2.45) is 0 Å². The number of aromatic nitrogens is 2. The Balaban J connectivity index is 2.17. The molecule has 25 heavy (non-hydrogen) atoms. The fourth-order valence-corrected chi connectivity index (χ4v) is 2.99.